The molecule has 1 aliphatic heterocycles. The number of urea groups is 1. The summed E-state index contributed by atoms with van der Waals surface area (Å²) in [6, 6.07) is 5.39. The van der Waals surface area contributed by atoms with Crippen LogP contribution in [0.2, 0.25) is 0 Å². The van der Waals surface area contributed by atoms with Crippen LogP contribution < -0.4 is 5.32 Å². The highest BCUT2D eigenvalue weighted by Crippen LogP contribution is 2.18. The van der Waals surface area contributed by atoms with E-state index in [1.807, 2.05) is 0 Å². The van der Waals surface area contributed by atoms with Crippen LogP contribution in [0.3, 0.4) is 0 Å². The third-order valence-electron chi connectivity index (χ3n) is 3.05. The van der Waals surface area contributed by atoms with Crippen LogP contribution in [0.15, 0.2) is 29.2 Å². The molecule has 1 aromatic rings. The number of nitrogens with zero attached hydrogens (tertiary/aromatic N) is 1. The van der Waals surface area contributed by atoms with Crippen LogP contribution in [0.4, 0.5) is 10.5 Å². The number of hydrogen-bond donors (Lipinski definition) is 2. The minimum absolute atomic E-state index is 0.172. The second-order valence-corrected chi connectivity index (χ2v) is 6.68. The van der Waals surface area contributed by atoms with Crippen molar-refractivity contribution in [2.75, 3.05) is 24.7 Å². The van der Waals surface area contributed by atoms with Crippen LogP contribution in [0, 0.1) is 5.92 Å². The van der Waals surface area contributed by atoms with E-state index in [1.165, 1.54) is 29.2 Å². The summed E-state index contributed by atoms with van der Waals surface area (Å²) in [6.07, 6.45) is 1.10. The molecule has 1 saturated heterocycles. The summed E-state index contributed by atoms with van der Waals surface area (Å²) >= 11 is 0. The van der Waals surface area contributed by atoms with Crippen molar-refractivity contribution < 1.29 is 23.1 Å². The zero-order chi connectivity index (χ0) is 14.9. The van der Waals surface area contributed by atoms with Gasteiger partial charge in [-0.05, 0) is 24.3 Å². The lowest BCUT2D eigenvalue weighted by atomic mass is 10.0. The fourth-order valence-corrected chi connectivity index (χ4v) is 2.42. The first kappa shape index (κ1) is 14.3. The van der Waals surface area contributed by atoms with Gasteiger partial charge in [-0.25, -0.2) is 13.2 Å². The van der Waals surface area contributed by atoms with Gasteiger partial charge in [-0.2, -0.15) is 0 Å². The van der Waals surface area contributed by atoms with Crippen LogP contribution in [-0.4, -0.2) is 49.8 Å². The Morgan fingerprint density at radius 2 is 1.80 bits per heavy atom. The molecule has 0 bridgehead atoms. The molecule has 0 radical (unpaired) electrons. The van der Waals surface area contributed by atoms with Gasteiger partial charge in [0.1, 0.15) is 0 Å². The van der Waals surface area contributed by atoms with E-state index in [9.17, 15) is 18.0 Å². The molecule has 1 heterocycles. The monoisotopic (exact) mass is 298 g/mol. The topological polar surface area (TPSA) is 104 Å². The number of hydrogen-bond acceptors (Lipinski definition) is 4. The Morgan fingerprint density at radius 3 is 2.25 bits per heavy atom. The van der Waals surface area contributed by atoms with Gasteiger partial charge in [0.25, 0.3) is 0 Å². The zero-order valence-electron chi connectivity index (χ0n) is 10.7. The van der Waals surface area contributed by atoms with Crippen molar-refractivity contribution in [3.05, 3.63) is 24.3 Å². The van der Waals surface area contributed by atoms with E-state index in [0.717, 1.165) is 6.26 Å². The summed E-state index contributed by atoms with van der Waals surface area (Å²) in [5, 5.41) is 11.3. The minimum atomic E-state index is -3.26. The molecule has 1 aliphatic rings. The van der Waals surface area contributed by atoms with E-state index < -0.39 is 27.8 Å². The summed E-state index contributed by atoms with van der Waals surface area (Å²) in [4.78, 5) is 23.9. The number of carbonyl (C=O) groups is 2. The fourth-order valence-electron chi connectivity index (χ4n) is 1.79. The number of likely N-dealkylation sites (tertiary alicyclic amines) is 1. The number of carboxylic acid groups (broad SMARTS) is 1. The smallest absolute Gasteiger partial charge is 0.321 e. The summed E-state index contributed by atoms with van der Waals surface area (Å²) < 4.78 is 22.6. The van der Waals surface area contributed by atoms with Gasteiger partial charge in [-0.3, -0.25) is 4.79 Å². The van der Waals surface area contributed by atoms with Gasteiger partial charge in [0.15, 0.2) is 9.84 Å². The highest BCUT2D eigenvalue weighted by molar-refractivity contribution is 7.90. The molecule has 8 heteroatoms. The lowest BCUT2D eigenvalue weighted by Crippen LogP contribution is -2.54. The van der Waals surface area contributed by atoms with Crippen LogP contribution >= 0.6 is 0 Å². The Labute approximate surface area is 116 Å². The highest BCUT2D eigenvalue weighted by atomic mass is 32.2. The largest absolute Gasteiger partial charge is 0.481 e. The molecule has 2 rings (SSSR count). The van der Waals surface area contributed by atoms with Gasteiger partial charge in [-0.1, -0.05) is 0 Å². The van der Waals surface area contributed by atoms with E-state index in [0.29, 0.717) is 5.69 Å². The molecule has 2 N–H and O–H groups in total. The Morgan fingerprint density at radius 1 is 1.25 bits per heavy atom. The quantitative estimate of drug-likeness (QED) is 0.852. The first-order valence-electron chi connectivity index (χ1n) is 5.86. The standard InChI is InChI=1S/C12H14N2O5S/c1-20(18,19)10-4-2-9(3-5-10)13-12(17)14-6-8(7-14)11(15)16/h2-5,8H,6-7H2,1H3,(H,13,17)(H,15,16). The molecule has 7 nitrogen and oxygen atoms in total. The molecule has 1 fully saturated rings. The van der Waals surface area contributed by atoms with Gasteiger partial charge in [0, 0.05) is 25.0 Å². The van der Waals surface area contributed by atoms with Gasteiger partial charge in [0.2, 0.25) is 0 Å². The number of amides is 2. The SMILES string of the molecule is CS(=O)(=O)c1ccc(NC(=O)N2CC(C(=O)O)C2)cc1. The number of nitrogens with one attached hydrogen (secondary N) is 1. The number of aliphatic carboxylic acids is 1. The molecule has 20 heavy (non-hydrogen) atoms. The summed E-state index contributed by atoms with van der Waals surface area (Å²) in [7, 11) is -3.26. The number of sulfone groups is 1. The Balaban J connectivity index is 1.94. The molecule has 0 aliphatic carbocycles. The third kappa shape index (κ3) is 3.08. The number of carboxylic acids is 1. The van der Waals surface area contributed by atoms with Crippen molar-refractivity contribution >= 4 is 27.5 Å². The Kier molecular flexibility index (Phi) is 3.67. The van der Waals surface area contributed by atoms with Crippen LogP contribution in [0.25, 0.3) is 0 Å². The molecule has 108 valence electrons. The van der Waals surface area contributed by atoms with Crippen molar-refractivity contribution in [3.63, 3.8) is 0 Å². The number of rotatable bonds is 3. The van der Waals surface area contributed by atoms with E-state index in [1.54, 1.807) is 0 Å². The lowest BCUT2D eigenvalue weighted by Gasteiger charge is -2.36. The van der Waals surface area contributed by atoms with Gasteiger partial charge in [-0.15, -0.1) is 0 Å². The first-order chi connectivity index (χ1) is 9.27. The number of benzene rings is 1. The molecular formula is C12H14N2O5S. The zero-order valence-corrected chi connectivity index (χ0v) is 11.6. The van der Waals surface area contributed by atoms with Gasteiger partial charge >= 0.3 is 12.0 Å². The second-order valence-electron chi connectivity index (χ2n) is 4.67. The van der Waals surface area contributed by atoms with Crippen LogP contribution in [-0.2, 0) is 14.6 Å². The molecular weight excluding hydrogens is 284 g/mol. The Hall–Kier alpha value is -2.09. The van der Waals surface area contributed by atoms with E-state index in [2.05, 4.69) is 5.32 Å². The maximum atomic E-state index is 11.7. The first-order valence-corrected chi connectivity index (χ1v) is 7.75. The van der Waals surface area contributed by atoms with E-state index >= 15 is 0 Å². The van der Waals surface area contributed by atoms with Crippen molar-refractivity contribution in [1.29, 1.82) is 0 Å². The molecule has 0 unspecified atom stereocenters. The average molecular weight is 298 g/mol. The highest BCUT2D eigenvalue weighted by Gasteiger charge is 2.35. The summed E-state index contributed by atoms with van der Waals surface area (Å²) in [5.41, 5.74) is 0.459. The molecule has 0 spiro atoms. The van der Waals surface area contributed by atoms with Crippen molar-refractivity contribution in [2.45, 2.75) is 4.90 Å². The fraction of sp³-hybridized carbons (Fsp3) is 0.333. The summed E-state index contributed by atoms with van der Waals surface area (Å²) in [6.45, 7) is 0.366. The van der Waals surface area contributed by atoms with Crippen LogP contribution in [0.1, 0.15) is 0 Å². The number of anilines is 1. The molecule has 0 saturated carbocycles. The van der Waals surface area contributed by atoms with E-state index in [-0.39, 0.29) is 18.0 Å². The minimum Gasteiger partial charge on any atom is -0.481 e. The third-order valence-corrected chi connectivity index (χ3v) is 4.18. The van der Waals surface area contributed by atoms with Crippen molar-refractivity contribution in [1.82, 2.24) is 4.90 Å². The summed E-state index contributed by atoms with van der Waals surface area (Å²) in [5.74, 6) is -1.42. The molecule has 0 aromatic heterocycles. The Bertz CT molecular complexity index is 632. The average Bonchev–Trinajstić information content (AvgIpc) is 2.25. The lowest BCUT2D eigenvalue weighted by molar-refractivity contribution is -0.145. The predicted octanol–water partition coefficient (Wildman–Crippen LogP) is 0.638. The van der Waals surface area contributed by atoms with E-state index in [4.69, 9.17) is 5.11 Å². The number of carbonyl (C=O) groups excluding carboxylic acids is 1. The maximum Gasteiger partial charge on any atom is 0.321 e. The van der Waals surface area contributed by atoms with Crippen molar-refractivity contribution in [2.24, 2.45) is 5.92 Å². The van der Waals surface area contributed by atoms with Gasteiger partial charge in [0.05, 0.1) is 10.8 Å². The van der Waals surface area contributed by atoms with Crippen molar-refractivity contribution in [3.8, 4) is 0 Å². The predicted molar refractivity (Wildman–Crippen MR) is 71.3 cm³/mol. The molecule has 1 aromatic carbocycles. The molecule has 0 atom stereocenters. The molecule has 2 amide bonds. The maximum absolute atomic E-state index is 11.7. The normalized spacial score (nSPS) is 15.6. The van der Waals surface area contributed by atoms with Gasteiger partial charge < -0.3 is 15.3 Å². The van der Waals surface area contributed by atoms with Crippen LogP contribution in [0.5, 0.6) is 0 Å². The second kappa shape index (κ2) is 5.12.